The molecule has 0 aliphatic rings. The summed E-state index contributed by atoms with van der Waals surface area (Å²) in [4.78, 5) is 0. The summed E-state index contributed by atoms with van der Waals surface area (Å²) in [5.74, 6) is 0. The Bertz CT molecular complexity index is 598. The van der Waals surface area contributed by atoms with Crippen LogP contribution in [0.5, 0.6) is 0 Å². The van der Waals surface area contributed by atoms with Crippen LogP contribution in [0.2, 0.25) is 0 Å². The summed E-state index contributed by atoms with van der Waals surface area (Å²) in [6.45, 7) is 5.44. The zero-order valence-electron chi connectivity index (χ0n) is 12.5. The summed E-state index contributed by atoms with van der Waals surface area (Å²) in [7, 11) is 0. The van der Waals surface area contributed by atoms with Crippen LogP contribution < -0.4 is 5.32 Å². The SMILES string of the molecule is CCCNC(Cc1cccc(Br)c1)c1cccc(C)c1I. The van der Waals surface area contributed by atoms with Gasteiger partial charge >= 0.3 is 0 Å². The van der Waals surface area contributed by atoms with E-state index in [0.29, 0.717) is 6.04 Å². The second-order valence-corrected chi connectivity index (χ2v) is 7.31. The first-order chi connectivity index (χ1) is 10.1. The number of nitrogens with one attached hydrogen (secondary N) is 1. The van der Waals surface area contributed by atoms with Crippen LogP contribution in [0.3, 0.4) is 0 Å². The molecule has 21 heavy (non-hydrogen) atoms. The molecule has 0 radical (unpaired) electrons. The number of aryl methyl sites for hydroxylation is 1. The number of benzene rings is 2. The van der Waals surface area contributed by atoms with Gasteiger partial charge in [-0.2, -0.15) is 0 Å². The van der Waals surface area contributed by atoms with Crippen LogP contribution >= 0.6 is 38.5 Å². The molecule has 0 bridgehead atoms. The Morgan fingerprint density at radius 1 is 1.19 bits per heavy atom. The van der Waals surface area contributed by atoms with Crippen molar-refractivity contribution in [2.75, 3.05) is 6.54 Å². The number of hydrogen-bond acceptors (Lipinski definition) is 1. The van der Waals surface area contributed by atoms with Gasteiger partial charge in [0.2, 0.25) is 0 Å². The van der Waals surface area contributed by atoms with Gasteiger partial charge in [-0.15, -0.1) is 0 Å². The first kappa shape index (κ1) is 17.0. The van der Waals surface area contributed by atoms with Gasteiger partial charge in [0.25, 0.3) is 0 Å². The molecule has 1 nitrogen and oxygen atoms in total. The van der Waals surface area contributed by atoms with Crippen molar-refractivity contribution in [2.45, 2.75) is 32.7 Å². The highest BCUT2D eigenvalue weighted by Gasteiger charge is 2.15. The van der Waals surface area contributed by atoms with E-state index in [9.17, 15) is 0 Å². The third-order valence-electron chi connectivity index (χ3n) is 3.57. The average molecular weight is 458 g/mol. The molecule has 1 unspecified atom stereocenters. The predicted molar refractivity (Wildman–Crippen MR) is 103 cm³/mol. The lowest BCUT2D eigenvalue weighted by atomic mass is 9.97. The minimum absolute atomic E-state index is 0.367. The van der Waals surface area contributed by atoms with E-state index < -0.39 is 0 Å². The largest absolute Gasteiger partial charge is 0.310 e. The quantitative estimate of drug-likeness (QED) is 0.553. The lowest BCUT2D eigenvalue weighted by Crippen LogP contribution is -2.25. The lowest BCUT2D eigenvalue weighted by Gasteiger charge is -2.21. The van der Waals surface area contributed by atoms with E-state index in [1.807, 2.05) is 0 Å². The van der Waals surface area contributed by atoms with E-state index in [1.54, 1.807) is 0 Å². The van der Waals surface area contributed by atoms with Gasteiger partial charge in [0.15, 0.2) is 0 Å². The minimum Gasteiger partial charge on any atom is -0.310 e. The van der Waals surface area contributed by atoms with Gasteiger partial charge in [0, 0.05) is 14.1 Å². The molecule has 0 aliphatic heterocycles. The maximum Gasteiger partial charge on any atom is 0.0371 e. The predicted octanol–water partition coefficient (Wildman–Crippen LogP) is 5.65. The normalized spacial score (nSPS) is 12.4. The Morgan fingerprint density at radius 3 is 2.67 bits per heavy atom. The second-order valence-electron chi connectivity index (χ2n) is 5.32. The monoisotopic (exact) mass is 457 g/mol. The molecule has 2 rings (SSSR count). The maximum absolute atomic E-state index is 3.70. The lowest BCUT2D eigenvalue weighted by molar-refractivity contribution is 0.527. The molecule has 112 valence electrons. The second kappa shape index (κ2) is 8.30. The van der Waals surface area contributed by atoms with Gasteiger partial charge in [0.05, 0.1) is 0 Å². The zero-order chi connectivity index (χ0) is 15.2. The summed E-state index contributed by atoms with van der Waals surface area (Å²) in [6.07, 6.45) is 2.16. The van der Waals surface area contributed by atoms with Crippen LogP contribution in [0.4, 0.5) is 0 Å². The van der Waals surface area contributed by atoms with Crippen molar-refractivity contribution in [3.8, 4) is 0 Å². The molecule has 0 heterocycles. The number of rotatable bonds is 6. The van der Waals surface area contributed by atoms with Gasteiger partial charge in [0.1, 0.15) is 0 Å². The van der Waals surface area contributed by atoms with Crippen LogP contribution in [-0.4, -0.2) is 6.54 Å². The summed E-state index contributed by atoms with van der Waals surface area (Å²) in [5, 5.41) is 3.70. The minimum atomic E-state index is 0.367. The first-order valence-corrected chi connectivity index (χ1v) is 9.21. The van der Waals surface area contributed by atoms with Gasteiger partial charge in [-0.1, -0.05) is 53.2 Å². The molecule has 1 atom stereocenters. The fourth-order valence-corrected chi connectivity index (χ4v) is 3.63. The summed E-state index contributed by atoms with van der Waals surface area (Å²) < 4.78 is 2.52. The number of halogens is 2. The molecule has 2 aromatic carbocycles. The van der Waals surface area contributed by atoms with E-state index in [1.165, 1.54) is 20.3 Å². The smallest absolute Gasteiger partial charge is 0.0371 e. The fraction of sp³-hybridized carbons (Fsp3) is 0.333. The van der Waals surface area contributed by atoms with Crippen LogP contribution in [0.25, 0.3) is 0 Å². The zero-order valence-corrected chi connectivity index (χ0v) is 16.2. The Hall–Kier alpha value is -0.390. The van der Waals surface area contributed by atoms with Gasteiger partial charge in [-0.25, -0.2) is 0 Å². The topological polar surface area (TPSA) is 12.0 Å². The molecular weight excluding hydrogens is 437 g/mol. The van der Waals surface area contributed by atoms with Crippen LogP contribution in [0.1, 0.15) is 36.1 Å². The van der Waals surface area contributed by atoms with E-state index in [-0.39, 0.29) is 0 Å². The fourth-order valence-electron chi connectivity index (χ4n) is 2.45. The molecule has 0 saturated heterocycles. The molecule has 0 aliphatic carbocycles. The van der Waals surface area contributed by atoms with Crippen molar-refractivity contribution in [3.63, 3.8) is 0 Å². The molecule has 0 spiro atoms. The Kier molecular flexibility index (Phi) is 6.71. The van der Waals surface area contributed by atoms with E-state index in [0.717, 1.165) is 23.9 Å². The number of hydrogen-bond donors (Lipinski definition) is 1. The highest BCUT2D eigenvalue weighted by Crippen LogP contribution is 2.26. The molecule has 0 saturated carbocycles. The highest BCUT2D eigenvalue weighted by atomic mass is 127. The first-order valence-electron chi connectivity index (χ1n) is 7.34. The third-order valence-corrected chi connectivity index (χ3v) is 5.53. The molecule has 3 heteroatoms. The molecule has 2 aromatic rings. The molecular formula is C18H21BrIN. The van der Waals surface area contributed by atoms with Crippen molar-refractivity contribution in [1.82, 2.24) is 5.32 Å². The molecule has 0 aromatic heterocycles. The van der Waals surface area contributed by atoms with E-state index >= 15 is 0 Å². The van der Waals surface area contributed by atoms with E-state index in [2.05, 4.69) is 100 Å². The van der Waals surface area contributed by atoms with Crippen LogP contribution in [-0.2, 0) is 6.42 Å². The van der Waals surface area contributed by atoms with Crippen molar-refractivity contribution in [1.29, 1.82) is 0 Å². The van der Waals surface area contributed by atoms with Gasteiger partial charge < -0.3 is 5.32 Å². The Morgan fingerprint density at radius 2 is 1.95 bits per heavy atom. The Labute approximate surface area is 149 Å². The molecule has 1 N–H and O–H groups in total. The summed E-state index contributed by atoms with van der Waals surface area (Å²) in [5.41, 5.74) is 4.12. The van der Waals surface area contributed by atoms with Crippen LogP contribution in [0.15, 0.2) is 46.9 Å². The summed E-state index contributed by atoms with van der Waals surface area (Å²) >= 11 is 6.04. The maximum atomic E-state index is 3.70. The van der Waals surface area contributed by atoms with Crippen molar-refractivity contribution < 1.29 is 0 Å². The molecule has 0 fully saturated rings. The van der Waals surface area contributed by atoms with Crippen molar-refractivity contribution in [3.05, 3.63) is 67.2 Å². The van der Waals surface area contributed by atoms with Gasteiger partial charge in [-0.05, 0) is 77.7 Å². The van der Waals surface area contributed by atoms with Crippen molar-refractivity contribution >= 4 is 38.5 Å². The average Bonchev–Trinajstić information content (AvgIpc) is 2.47. The molecule has 0 amide bonds. The standard InChI is InChI=1S/C18H21BrIN/c1-3-10-21-17(12-14-7-5-8-15(19)11-14)16-9-4-6-13(2)18(16)20/h4-9,11,17,21H,3,10,12H2,1-2H3. The Balaban J connectivity index is 2.27. The summed E-state index contributed by atoms with van der Waals surface area (Å²) in [6, 6.07) is 15.6. The van der Waals surface area contributed by atoms with Crippen molar-refractivity contribution in [2.24, 2.45) is 0 Å². The van der Waals surface area contributed by atoms with E-state index in [4.69, 9.17) is 0 Å². The third kappa shape index (κ3) is 4.80. The van der Waals surface area contributed by atoms with Gasteiger partial charge in [-0.3, -0.25) is 0 Å². The van der Waals surface area contributed by atoms with Crippen LogP contribution in [0, 0.1) is 10.5 Å². The highest BCUT2D eigenvalue weighted by molar-refractivity contribution is 14.1.